The van der Waals surface area contributed by atoms with E-state index in [1.165, 1.54) is 7.11 Å². The van der Waals surface area contributed by atoms with Crippen LogP contribution in [0.15, 0.2) is 0 Å². The Morgan fingerprint density at radius 2 is 2.40 bits per heavy atom. The third kappa shape index (κ3) is 3.29. The van der Waals surface area contributed by atoms with Crippen LogP contribution in [0.2, 0.25) is 0 Å². The van der Waals surface area contributed by atoms with Crippen molar-refractivity contribution in [1.82, 2.24) is 5.32 Å². The Morgan fingerprint density at radius 1 is 1.80 bits per heavy atom. The molecule has 1 amide bonds. The second-order valence-corrected chi connectivity index (χ2v) is 1.92. The van der Waals surface area contributed by atoms with Crippen LogP contribution in [0.5, 0.6) is 0 Å². The van der Waals surface area contributed by atoms with Gasteiger partial charge in [-0.3, -0.25) is 0 Å². The van der Waals surface area contributed by atoms with Gasteiger partial charge in [-0.2, -0.15) is 0 Å². The number of methoxy groups -OCH3 is 1. The third-order valence-electron chi connectivity index (χ3n) is 1.22. The topological polar surface area (TPSA) is 58.6 Å². The van der Waals surface area contributed by atoms with E-state index in [4.69, 9.17) is 5.11 Å². The minimum atomic E-state index is -0.499. The molecule has 0 bridgehead atoms. The zero-order chi connectivity index (χ0) is 7.98. The molecule has 0 aliphatic carbocycles. The zero-order valence-electron chi connectivity index (χ0n) is 6.26. The minimum Gasteiger partial charge on any atom is -0.453 e. The monoisotopic (exact) mass is 147 g/mol. The predicted octanol–water partition coefficient (Wildman–Crippen LogP) is 0.113. The summed E-state index contributed by atoms with van der Waals surface area (Å²) in [4.78, 5) is 10.5. The average Bonchev–Trinajstić information content (AvgIpc) is 1.99. The molecular formula is C6H13NO3. The minimum absolute atomic E-state index is 0.0500. The Bertz CT molecular complexity index is 101. The van der Waals surface area contributed by atoms with Crippen LogP contribution in [0.25, 0.3) is 0 Å². The average molecular weight is 147 g/mol. The van der Waals surface area contributed by atoms with E-state index in [9.17, 15) is 4.79 Å². The first kappa shape index (κ1) is 9.23. The maximum Gasteiger partial charge on any atom is 0.407 e. The summed E-state index contributed by atoms with van der Waals surface area (Å²) >= 11 is 0. The van der Waals surface area contributed by atoms with Gasteiger partial charge in [0.1, 0.15) is 0 Å². The SMILES string of the molecule is CC[C@@H](CO)NC(=O)OC. The number of alkyl carbamates (subject to hydrolysis) is 1. The largest absolute Gasteiger partial charge is 0.453 e. The van der Waals surface area contributed by atoms with E-state index >= 15 is 0 Å². The van der Waals surface area contributed by atoms with Gasteiger partial charge in [0.2, 0.25) is 0 Å². The molecule has 0 radical (unpaired) electrons. The summed E-state index contributed by atoms with van der Waals surface area (Å²) in [5.41, 5.74) is 0. The first-order valence-electron chi connectivity index (χ1n) is 3.20. The van der Waals surface area contributed by atoms with Gasteiger partial charge in [-0.15, -0.1) is 0 Å². The number of carbonyl (C=O) groups is 1. The fraction of sp³-hybridized carbons (Fsp3) is 0.833. The van der Waals surface area contributed by atoms with E-state index in [1.54, 1.807) is 0 Å². The predicted molar refractivity (Wildman–Crippen MR) is 36.7 cm³/mol. The van der Waals surface area contributed by atoms with Gasteiger partial charge in [0, 0.05) is 0 Å². The number of hydrogen-bond acceptors (Lipinski definition) is 3. The Labute approximate surface area is 60.2 Å². The summed E-state index contributed by atoms with van der Waals surface area (Å²) in [6, 6.07) is -0.188. The lowest BCUT2D eigenvalue weighted by Gasteiger charge is -2.11. The summed E-state index contributed by atoms with van der Waals surface area (Å²) in [6.45, 7) is 1.82. The number of nitrogens with one attached hydrogen (secondary N) is 1. The van der Waals surface area contributed by atoms with Gasteiger partial charge in [0.05, 0.1) is 19.8 Å². The van der Waals surface area contributed by atoms with Crippen LogP contribution in [0.3, 0.4) is 0 Å². The van der Waals surface area contributed by atoms with Gasteiger partial charge >= 0.3 is 6.09 Å². The molecule has 10 heavy (non-hydrogen) atoms. The van der Waals surface area contributed by atoms with Crippen molar-refractivity contribution in [2.45, 2.75) is 19.4 Å². The molecule has 60 valence electrons. The lowest BCUT2D eigenvalue weighted by atomic mass is 10.2. The number of amides is 1. The summed E-state index contributed by atoms with van der Waals surface area (Å²) in [7, 11) is 1.29. The summed E-state index contributed by atoms with van der Waals surface area (Å²) in [5, 5.41) is 11.1. The van der Waals surface area contributed by atoms with E-state index in [-0.39, 0.29) is 12.6 Å². The van der Waals surface area contributed by atoms with E-state index in [2.05, 4.69) is 10.1 Å². The van der Waals surface area contributed by atoms with Crippen LogP contribution in [-0.4, -0.2) is 31.0 Å². The molecule has 0 saturated carbocycles. The Hall–Kier alpha value is -0.770. The number of rotatable bonds is 3. The highest BCUT2D eigenvalue weighted by atomic mass is 16.5. The Balaban J connectivity index is 3.52. The first-order valence-corrected chi connectivity index (χ1v) is 3.20. The molecule has 0 saturated heterocycles. The van der Waals surface area contributed by atoms with Gasteiger partial charge in [-0.05, 0) is 6.42 Å². The highest BCUT2D eigenvalue weighted by molar-refractivity contribution is 5.67. The molecule has 0 rings (SSSR count). The van der Waals surface area contributed by atoms with Crippen molar-refractivity contribution in [3.8, 4) is 0 Å². The number of aliphatic hydroxyl groups is 1. The van der Waals surface area contributed by atoms with Gasteiger partial charge in [0.15, 0.2) is 0 Å². The quantitative estimate of drug-likeness (QED) is 0.595. The second kappa shape index (κ2) is 5.05. The molecule has 2 N–H and O–H groups in total. The highest BCUT2D eigenvalue weighted by Crippen LogP contribution is 1.88. The summed E-state index contributed by atoms with van der Waals surface area (Å²) in [6.07, 6.45) is 0.201. The molecule has 4 nitrogen and oxygen atoms in total. The van der Waals surface area contributed by atoms with Gasteiger partial charge in [-0.25, -0.2) is 4.79 Å². The van der Waals surface area contributed by atoms with Crippen LogP contribution < -0.4 is 5.32 Å². The third-order valence-corrected chi connectivity index (χ3v) is 1.22. The highest BCUT2D eigenvalue weighted by Gasteiger charge is 2.07. The summed E-state index contributed by atoms with van der Waals surface area (Å²) < 4.78 is 4.32. The van der Waals surface area contributed by atoms with Crippen molar-refractivity contribution in [3.63, 3.8) is 0 Å². The number of ether oxygens (including phenoxy) is 1. The maximum absolute atomic E-state index is 10.5. The fourth-order valence-electron chi connectivity index (χ4n) is 0.502. The van der Waals surface area contributed by atoms with Crippen molar-refractivity contribution in [1.29, 1.82) is 0 Å². The molecule has 0 heterocycles. The van der Waals surface area contributed by atoms with E-state index in [1.807, 2.05) is 6.92 Å². The molecule has 0 spiro atoms. The van der Waals surface area contributed by atoms with Crippen LogP contribution in [0, 0.1) is 0 Å². The molecule has 0 fully saturated rings. The van der Waals surface area contributed by atoms with Gasteiger partial charge < -0.3 is 15.2 Å². The Morgan fingerprint density at radius 3 is 2.70 bits per heavy atom. The molecule has 4 heteroatoms. The van der Waals surface area contributed by atoms with Crippen molar-refractivity contribution in [3.05, 3.63) is 0 Å². The van der Waals surface area contributed by atoms with Crippen molar-refractivity contribution in [2.75, 3.05) is 13.7 Å². The van der Waals surface area contributed by atoms with Crippen molar-refractivity contribution >= 4 is 6.09 Å². The van der Waals surface area contributed by atoms with Crippen LogP contribution >= 0.6 is 0 Å². The fourth-order valence-corrected chi connectivity index (χ4v) is 0.502. The number of carbonyl (C=O) groups excluding carboxylic acids is 1. The van der Waals surface area contributed by atoms with Crippen LogP contribution in [-0.2, 0) is 4.74 Å². The zero-order valence-corrected chi connectivity index (χ0v) is 6.26. The Kier molecular flexibility index (Phi) is 4.66. The van der Waals surface area contributed by atoms with Gasteiger partial charge in [0.25, 0.3) is 0 Å². The standard InChI is InChI=1S/C6H13NO3/c1-3-5(4-8)7-6(9)10-2/h5,8H,3-4H2,1-2H3,(H,7,9)/t5-/m0/s1. The number of aliphatic hydroxyl groups excluding tert-OH is 1. The smallest absolute Gasteiger partial charge is 0.407 e. The van der Waals surface area contributed by atoms with Crippen LogP contribution in [0.1, 0.15) is 13.3 Å². The molecule has 0 unspecified atom stereocenters. The van der Waals surface area contributed by atoms with Crippen molar-refractivity contribution in [2.24, 2.45) is 0 Å². The van der Waals surface area contributed by atoms with Crippen molar-refractivity contribution < 1.29 is 14.6 Å². The van der Waals surface area contributed by atoms with E-state index in [0.717, 1.165) is 0 Å². The first-order chi connectivity index (χ1) is 4.74. The molecule has 0 aromatic heterocycles. The number of hydrogen-bond donors (Lipinski definition) is 2. The normalized spacial score (nSPS) is 12.3. The molecule has 0 aromatic rings. The van der Waals surface area contributed by atoms with E-state index in [0.29, 0.717) is 6.42 Å². The molecule has 1 atom stereocenters. The van der Waals surface area contributed by atoms with Crippen LogP contribution in [0.4, 0.5) is 4.79 Å². The maximum atomic E-state index is 10.5. The molecular weight excluding hydrogens is 134 g/mol. The van der Waals surface area contributed by atoms with E-state index < -0.39 is 6.09 Å². The second-order valence-electron chi connectivity index (χ2n) is 1.92. The lowest BCUT2D eigenvalue weighted by molar-refractivity contribution is 0.156. The van der Waals surface area contributed by atoms with Gasteiger partial charge in [-0.1, -0.05) is 6.92 Å². The molecule has 0 aromatic carbocycles. The summed E-state index contributed by atoms with van der Waals surface area (Å²) in [5.74, 6) is 0. The molecule has 0 aliphatic heterocycles. The lowest BCUT2D eigenvalue weighted by Crippen LogP contribution is -2.36. The molecule has 0 aliphatic rings.